The molecule has 2 aromatic heterocycles. The minimum absolute atomic E-state index is 0.146. The maximum absolute atomic E-state index is 13.7. The van der Waals surface area contributed by atoms with Crippen molar-refractivity contribution in [3.8, 4) is 11.5 Å². The van der Waals surface area contributed by atoms with Crippen molar-refractivity contribution in [2.45, 2.75) is 44.3 Å². The summed E-state index contributed by atoms with van der Waals surface area (Å²) >= 11 is 0. The second-order valence-electron chi connectivity index (χ2n) is 10.5. The van der Waals surface area contributed by atoms with Crippen molar-refractivity contribution in [3.63, 3.8) is 0 Å². The van der Waals surface area contributed by atoms with Gasteiger partial charge in [-0.1, -0.05) is 43.2 Å². The summed E-state index contributed by atoms with van der Waals surface area (Å²) in [4.78, 5) is 21.6. The summed E-state index contributed by atoms with van der Waals surface area (Å²) in [7, 11) is 3.20. The second-order valence-corrected chi connectivity index (χ2v) is 10.5. The van der Waals surface area contributed by atoms with E-state index < -0.39 is 0 Å². The molecule has 1 saturated heterocycles. The number of ether oxygens (including phenoxy) is 2. The van der Waals surface area contributed by atoms with E-state index in [1.54, 1.807) is 20.3 Å². The Bertz CT molecular complexity index is 1470. The molecule has 39 heavy (non-hydrogen) atoms. The predicted octanol–water partition coefficient (Wildman–Crippen LogP) is 3.55. The lowest BCUT2D eigenvalue weighted by molar-refractivity contribution is 0.0989. The normalized spacial score (nSPS) is 18.0. The van der Waals surface area contributed by atoms with Gasteiger partial charge in [0.1, 0.15) is 6.04 Å². The highest BCUT2D eigenvalue weighted by molar-refractivity contribution is 5.83. The number of hydrogen-bond donors (Lipinski definition) is 1. The van der Waals surface area contributed by atoms with Crippen molar-refractivity contribution < 1.29 is 9.47 Å². The zero-order valence-corrected chi connectivity index (χ0v) is 22.5. The van der Waals surface area contributed by atoms with Gasteiger partial charge in [-0.3, -0.25) is 14.6 Å². The van der Waals surface area contributed by atoms with Crippen molar-refractivity contribution in [3.05, 3.63) is 75.8 Å². The number of hydrogen-bond acceptors (Lipinski definition) is 8. The lowest BCUT2D eigenvalue weighted by Gasteiger charge is -2.39. The number of rotatable bonds is 8. The average Bonchev–Trinajstić information content (AvgIpc) is 3.67. The second kappa shape index (κ2) is 11.2. The molecule has 0 spiro atoms. The molecule has 0 radical (unpaired) electrons. The maximum atomic E-state index is 13.7. The SMILES string of the molecule is COc1cc2cc([C@@H](c3nnnn3C3CCCC3)N3CCN(Cc4ccccc4)CC3)c(=O)[nH]c2cc1OC. The molecule has 2 aromatic carbocycles. The number of piperazine rings is 1. The third-order valence-electron chi connectivity index (χ3n) is 8.13. The number of fused-ring (bicyclic) bond motifs is 1. The van der Waals surface area contributed by atoms with Crippen molar-refractivity contribution in [2.24, 2.45) is 0 Å². The lowest BCUT2D eigenvalue weighted by atomic mass is 10.0. The first-order valence-electron chi connectivity index (χ1n) is 13.7. The molecular weight excluding hydrogens is 494 g/mol. The van der Waals surface area contributed by atoms with Gasteiger partial charge >= 0.3 is 0 Å². The molecule has 1 N–H and O–H groups in total. The van der Waals surface area contributed by atoms with Crippen LogP contribution in [0.5, 0.6) is 11.5 Å². The Morgan fingerprint density at radius 1 is 0.974 bits per heavy atom. The molecule has 1 saturated carbocycles. The van der Waals surface area contributed by atoms with E-state index in [-0.39, 0.29) is 17.6 Å². The molecule has 0 unspecified atom stereocenters. The van der Waals surface area contributed by atoms with Crippen LogP contribution in [-0.2, 0) is 6.54 Å². The van der Waals surface area contributed by atoms with Gasteiger partial charge < -0.3 is 14.5 Å². The van der Waals surface area contributed by atoms with E-state index in [9.17, 15) is 4.79 Å². The van der Waals surface area contributed by atoms with E-state index >= 15 is 0 Å². The minimum Gasteiger partial charge on any atom is -0.493 e. The Labute approximate surface area is 227 Å². The number of methoxy groups -OCH3 is 2. The van der Waals surface area contributed by atoms with E-state index in [2.05, 4.69) is 54.6 Å². The highest BCUT2D eigenvalue weighted by Gasteiger charge is 2.34. The number of tetrazole rings is 1. The Kier molecular flexibility index (Phi) is 7.30. The summed E-state index contributed by atoms with van der Waals surface area (Å²) in [5.41, 5.74) is 2.50. The van der Waals surface area contributed by atoms with Crippen molar-refractivity contribution in [1.82, 2.24) is 35.0 Å². The number of pyridine rings is 1. The molecule has 0 amide bonds. The van der Waals surface area contributed by atoms with E-state index in [4.69, 9.17) is 9.47 Å². The molecule has 1 atom stereocenters. The number of benzene rings is 2. The molecule has 2 aliphatic rings. The fourth-order valence-electron chi connectivity index (χ4n) is 6.06. The first kappa shape index (κ1) is 25.5. The quantitative estimate of drug-likeness (QED) is 0.370. The number of nitrogens with one attached hydrogen (secondary N) is 1. The number of H-pyrrole nitrogens is 1. The summed E-state index contributed by atoms with van der Waals surface area (Å²) < 4.78 is 13.0. The van der Waals surface area contributed by atoms with Crippen LogP contribution in [0.15, 0.2) is 53.3 Å². The predicted molar refractivity (Wildman–Crippen MR) is 148 cm³/mol. The third kappa shape index (κ3) is 5.14. The van der Waals surface area contributed by atoms with Gasteiger partial charge in [-0.25, -0.2) is 4.68 Å². The van der Waals surface area contributed by atoms with Gasteiger partial charge in [0.15, 0.2) is 17.3 Å². The molecule has 2 fully saturated rings. The topological polar surface area (TPSA) is 101 Å². The fraction of sp³-hybridized carbons (Fsp3) is 0.448. The van der Waals surface area contributed by atoms with Crippen LogP contribution in [0.4, 0.5) is 0 Å². The van der Waals surface area contributed by atoms with Gasteiger partial charge in [0, 0.05) is 49.7 Å². The molecule has 3 heterocycles. The van der Waals surface area contributed by atoms with Gasteiger partial charge in [-0.2, -0.15) is 0 Å². The zero-order chi connectivity index (χ0) is 26.8. The minimum atomic E-state index is -0.360. The summed E-state index contributed by atoms with van der Waals surface area (Å²) in [6.07, 6.45) is 4.46. The largest absolute Gasteiger partial charge is 0.493 e. The Hall–Kier alpha value is -3.76. The standard InChI is InChI=1S/C29H35N7O3/c1-38-25-17-21-16-23(29(37)30-24(21)18-26(25)39-2)27(28-31-32-33-36(28)22-10-6-7-11-22)35-14-12-34(13-15-35)19-20-8-4-3-5-9-20/h3-5,8-9,16-18,22,27H,6-7,10-15,19H2,1-2H3,(H,30,37)/t27-/m0/s1. The van der Waals surface area contributed by atoms with Crippen molar-refractivity contribution >= 4 is 10.9 Å². The van der Waals surface area contributed by atoms with Crippen LogP contribution in [0.3, 0.4) is 0 Å². The van der Waals surface area contributed by atoms with Gasteiger partial charge in [0.25, 0.3) is 5.56 Å². The van der Waals surface area contributed by atoms with E-state index in [1.165, 1.54) is 18.4 Å². The Morgan fingerprint density at radius 2 is 1.69 bits per heavy atom. The summed E-state index contributed by atoms with van der Waals surface area (Å²) in [5.74, 6) is 1.93. The van der Waals surface area contributed by atoms with E-state index in [0.717, 1.165) is 56.8 Å². The number of aromatic amines is 1. The van der Waals surface area contributed by atoms with Crippen molar-refractivity contribution in [2.75, 3.05) is 40.4 Å². The monoisotopic (exact) mass is 529 g/mol. The van der Waals surface area contributed by atoms with Crippen LogP contribution < -0.4 is 15.0 Å². The first-order chi connectivity index (χ1) is 19.1. The molecule has 204 valence electrons. The molecule has 4 aromatic rings. The number of nitrogens with zero attached hydrogens (tertiary/aromatic N) is 6. The third-order valence-corrected chi connectivity index (χ3v) is 8.13. The van der Waals surface area contributed by atoms with Gasteiger partial charge in [-0.15, -0.1) is 5.10 Å². The molecule has 10 nitrogen and oxygen atoms in total. The smallest absolute Gasteiger partial charge is 0.253 e. The molecule has 0 bridgehead atoms. The Balaban J connectivity index is 1.37. The van der Waals surface area contributed by atoms with Crippen molar-refractivity contribution in [1.29, 1.82) is 0 Å². The van der Waals surface area contributed by atoms with Crippen LogP contribution in [-0.4, -0.2) is 75.4 Å². The summed E-state index contributed by atoms with van der Waals surface area (Å²) in [6.45, 7) is 4.31. The highest BCUT2D eigenvalue weighted by atomic mass is 16.5. The first-order valence-corrected chi connectivity index (χ1v) is 13.7. The average molecular weight is 530 g/mol. The number of aromatic nitrogens is 5. The molecule has 10 heteroatoms. The molecule has 1 aliphatic carbocycles. The molecule has 1 aliphatic heterocycles. The van der Waals surface area contributed by atoms with E-state index in [0.29, 0.717) is 22.6 Å². The van der Waals surface area contributed by atoms with Crippen LogP contribution in [0.25, 0.3) is 10.9 Å². The zero-order valence-electron chi connectivity index (χ0n) is 22.5. The van der Waals surface area contributed by atoms with Crippen LogP contribution in [0.1, 0.15) is 54.7 Å². The fourth-order valence-corrected chi connectivity index (χ4v) is 6.06. The maximum Gasteiger partial charge on any atom is 0.253 e. The van der Waals surface area contributed by atoms with Crippen LogP contribution in [0.2, 0.25) is 0 Å². The van der Waals surface area contributed by atoms with Gasteiger partial charge in [0.05, 0.1) is 25.8 Å². The van der Waals surface area contributed by atoms with Gasteiger partial charge in [0.2, 0.25) is 0 Å². The van der Waals surface area contributed by atoms with Gasteiger partial charge in [-0.05, 0) is 41.0 Å². The molecule has 6 rings (SSSR count). The summed E-state index contributed by atoms with van der Waals surface area (Å²) in [6, 6.07) is 16.1. The van der Waals surface area contributed by atoms with Crippen LogP contribution in [0, 0.1) is 0 Å². The summed E-state index contributed by atoms with van der Waals surface area (Å²) in [5, 5.41) is 13.9. The molecular formula is C29H35N7O3. The highest BCUT2D eigenvalue weighted by Crippen LogP contribution is 2.36. The van der Waals surface area contributed by atoms with Crippen LogP contribution >= 0.6 is 0 Å². The Morgan fingerprint density at radius 3 is 2.41 bits per heavy atom. The lowest BCUT2D eigenvalue weighted by Crippen LogP contribution is -2.48. The van der Waals surface area contributed by atoms with E-state index in [1.807, 2.05) is 22.9 Å².